The van der Waals surface area contributed by atoms with Crippen molar-refractivity contribution in [1.29, 1.82) is 0 Å². The first-order chi connectivity index (χ1) is 21.1. The molecule has 0 saturated heterocycles. The maximum absolute atomic E-state index is 12.9. The molecular formula is C31H36N8O4S. The van der Waals surface area contributed by atoms with Crippen molar-refractivity contribution in [3.8, 4) is 5.75 Å². The Hall–Kier alpha value is -5.14. The van der Waals surface area contributed by atoms with Crippen molar-refractivity contribution in [2.24, 2.45) is 0 Å². The zero-order valence-corrected chi connectivity index (χ0v) is 25.9. The van der Waals surface area contributed by atoms with Crippen LogP contribution in [-0.2, 0) is 14.8 Å². The van der Waals surface area contributed by atoms with Crippen molar-refractivity contribution >= 4 is 56.1 Å². The Labute approximate surface area is 257 Å². The largest absolute Gasteiger partial charge is 0.494 e. The van der Waals surface area contributed by atoms with Crippen LogP contribution in [-0.4, -0.2) is 70.5 Å². The molecule has 3 aromatic carbocycles. The summed E-state index contributed by atoms with van der Waals surface area (Å²) in [7, 11) is 3.67. The lowest BCUT2D eigenvalue weighted by atomic mass is 10.2. The molecule has 0 spiro atoms. The Balaban J connectivity index is 1.60. The number of anilines is 7. The summed E-state index contributed by atoms with van der Waals surface area (Å²) in [4.78, 5) is 25.4. The molecule has 13 heteroatoms. The van der Waals surface area contributed by atoms with Crippen molar-refractivity contribution < 1.29 is 17.9 Å². The minimum absolute atomic E-state index is 0.149. The van der Waals surface area contributed by atoms with E-state index in [0.29, 0.717) is 40.9 Å². The molecule has 0 bridgehead atoms. The molecule has 4 rings (SSSR count). The van der Waals surface area contributed by atoms with Gasteiger partial charge in [-0.2, -0.15) is 4.98 Å². The van der Waals surface area contributed by atoms with Crippen LogP contribution in [0.5, 0.6) is 5.75 Å². The molecule has 0 fully saturated rings. The number of amides is 1. The van der Waals surface area contributed by atoms with E-state index in [1.54, 1.807) is 67.9 Å². The summed E-state index contributed by atoms with van der Waals surface area (Å²) in [6, 6.07) is 20.3. The lowest BCUT2D eigenvalue weighted by Gasteiger charge is -2.26. The molecule has 4 aromatic rings. The molecule has 0 radical (unpaired) electrons. The first-order valence-electron chi connectivity index (χ1n) is 13.6. The first-order valence-corrected chi connectivity index (χ1v) is 15.1. The third-order valence-electron chi connectivity index (χ3n) is 6.44. The van der Waals surface area contributed by atoms with E-state index in [2.05, 4.69) is 42.1 Å². The molecule has 44 heavy (non-hydrogen) atoms. The Bertz CT molecular complexity index is 1720. The van der Waals surface area contributed by atoms with Crippen molar-refractivity contribution in [1.82, 2.24) is 14.9 Å². The molecule has 0 saturated carbocycles. The van der Waals surface area contributed by atoms with Gasteiger partial charge in [-0.15, -0.1) is 0 Å². The lowest BCUT2D eigenvalue weighted by molar-refractivity contribution is -0.111. The van der Waals surface area contributed by atoms with Crippen LogP contribution in [0.1, 0.15) is 0 Å². The molecule has 1 heterocycles. The third-order valence-corrected chi connectivity index (χ3v) is 7.83. The summed E-state index contributed by atoms with van der Waals surface area (Å²) >= 11 is 0. The van der Waals surface area contributed by atoms with E-state index in [4.69, 9.17) is 4.74 Å². The maximum atomic E-state index is 12.9. The van der Waals surface area contributed by atoms with Gasteiger partial charge >= 0.3 is 0 Å². The molecular weight excluding hydrogens is 580 g/mol. The molecule has 230 valence electrons. The average Bonchev–Trinajstić information content (AvgIpc) is 3.01. The average molecular weight is 617 g/mol. The third kappa shape index (κ3) is 8.24. The van der Waals surface area contributed by atoms with E-state index in [1.165, 1.54) is 18.2 Å². The van der Waals surface area contributed by atoms with Crippen molar-refractivity contribution in [3.63, 3.8) is 0 Å². The van der Waals surface area contributed by atoms with Crippen LogP contribution in [0.15, 0.2) is 96.5 Å². The summed E-state index contributed by atoms with van der Waals surface area (Å²) in [6.07, 6.45) is 2.77. The number of carbonyl (C=O) groups excluding carboxylic acids is 1. The van der Waals surface area contributed by atoms with E-state index in [-0.39, 0.29) is 16.8 Å². The number of ether oxygens (including phenoxy) is 1. The molecule has 0 atom stereocenters. The quantitative estimate of drug-likeness (QED) is 0.145. The molecule has 4 N–H and O–H groups in total. The first kappa shape index (κ1) is 31.8. The Morgan fingerprint density at radius 3 is 2.30 bits per heavy atom. The van der Waals surface area contributed by atoms with Gasteiger partial charge in [0, 0.05) is 32.4 Å². The van der Waals surface area contributed by atoms with Gasteiger partial charge in [0.2, 0.25) is 11.9 Å². The number of rotatable bonds is 14. The van der Waals surface area contributed by atoms with Crippen LogP contribution in [0.3, 0.4) is 0 Å². The number of methoxy groups -OCH3 is 1. The van der Waals surface area contributed by atoms with Gasteiger partial charge in [-0.1, -0.05) is 36.9 Å². The second-order valence-electron chi connectivity index (χ2n) is 9.97. The number of aromatic nitrogens is 2. The molecule has 0 aliphatic heterocycles. The van der Waals surface area contributed by atoms with E-state index in [1.807, 2.05) is 32.1 Å². The van der Waals surface area contributed by atoms with Crippen LogP contribution in [0, 0.1) is 0 Å². The van der Waals surface area contributed by atoms with Gasteiger partial charge in [0.1, 0.15) is 11.6 Å². The minimum Gasteiger partial charge on any atom is -0.494 e. The van der Waals surface area contributed by atoms with Crippen LogP contribution in [0.2, 0.25) is 0 Å². The molecule has 12 nitrogen and oxygen atoms in total. The van der Waals surface area contributed by atoms with Gasteiger partial charge in [0.05, 0.1) is 40.4 Å². The summed E-state index contributed by atoms with van der Waals surface area (Å²) in [5.41, 5.74) is 2.67. The number of para-hydroxylation sites is 2. The second kappa shape index (κ2) is 14.4. The number of likely N-dealkylation sites (N-methyl/N-ethyl adjacent to an activating group) is 2. The van der Waals surface area contributed by atoms with Gasteiger partial charge in [0.25, 0.3) is 10.0 Å². The summed E-state index contributed by atoms with van der Waals surface area (Å²) < 4.78 is 34.2. The summed E-state index contributed by atoms with van der Waals surface area (Å²) in [5, 5.41) is 9.20. The monoisotopic (exact) mass is 616 g/mol. The smallest absolute Gasteiger partial charge is 0.261 e. The fraction of sp³-hybridized carbons (Fsp3) is 0.194. The van der Waals surface area contributed by atoms with E-state index >= 15 is 0 Å². The molecule has 0 unspecified atom stereocenters. The predicted molar refractivity (Wildman–Crippen MR) is 176 cm³/mol. The highest BCUT2D eigenvalue weighted by Gasteiger charge is 2.18. The molecule has 0 aliphatic carbocycles. The van der Waals surface area contributed by atoms with E-state index < -0.39 is 10.0 Å². The maximum Gasteiger partial charge on any atom is 0.261 e. The van der Waals surface area contributed by atoms with Crippen molar-refractivity contribution in [2.75, 3.05) is 66.9 Å². The number of nitrogens with one attached hydrogen (secondary N) is 4. The van der Waals surface area contributed by atoms with Crippen molar-refractivity contribution in [2.45, 2.75) is 4.90 Å². The zero-order chi connectivity index (χ0) is 31.7. The predicted octanol–water partition coefficient (Wildman–Crippen LogP) is 4.90. The van der Waals surface area contributed by atoms with Crippen LogP contribution >= 0.6 is 0 Å². The van der Waals surface area contributed by atoms with Crippen LogP contribution in [0.4, 0.5) is 40.2 Å². The van der Waals surface area contributed by atoms with E-state index in [9.17, 15) is 13.2 Å². The highest BCUT2D eigenvalue weighted by molar-refractivity contribution is 7.92. The second-order valence-corrected chi connectivity index (χ2v) is 11.6. The molecule has 1 aromatic heterocycles. The van der Waals surface area contributed by atoms with Gasteiger partial charge in [0.15, 0.2) is 0 Å². The Morgan fingerprint density at radius 2 is 1.61 bits per heavy atom. The van der Waals surface area contributed by atoms with Gasteiger partial charge in [-0.05, 0) is 56.6 Å². The van der Waals surface area contributed by atoms with Crippen LogP contribution in [0.25, 0.3) is 0 Å². The summed E-state index contributed by atoms with van der Waals surface area (Å²) in [6.45, 7) is 5.07. The topological polar surface area (TPSA) is 141 Å². The number of hydrogen-bond acceptors (Lipinski definition) is 10. The van der Waals surface area contributed by atoms with Crippen molar-refractivity contribution in [3.05, 3.63) is 91.6 Å². The van der Waals surface area contributed by atoms with Crippen LogP contribution < -0.4 is 30.3 Å². The fourth-order valence-corrected chi connectivity index (χ4v) is 5.24. The normalized spacial score (nSPS) is 11.0. The zero-order valence-electron chi connectivity index (χ0n) is 25.0. The van der Waals surface area contributed by atoms with Gasteiger partial charge in [-0.25, -0.2) is 13.4 Å². The number of nitrogens with zero attached hydrogens (tertiary/aromatic N) is 4. The SMILES string of the molecule is C=CC(=O)Nc1cc(Nc2nccc(Nc3ccccc3NS(=O)(=O)c3ccccc3)n2)c(OC)cc1N(C)CCN(C)C. The highest BCUT2D eigenvalue weighted by Crippen LogP contribution is 2.38. The Morgan fingerprint density at radius 1 is 0.909 bits per heavy atom. The minimum atomic E-state index is -3.81. The van der Waals surface area contributed by atoms with E-state index in [0.717, 1.165) is 12.2 Å². The highest BCUT2D eigenvalue weighted by atomic mass is 32.2. The number of sulfonamides is 1. The fourth-order valence-electron chi connectivity index (χ4n) is 4.14. The number of benzene rings is 3. The molecule has 1 amide bonds. The summed E-state index contributed by atoms with van der Waals surface area (Å²) in [5.74, 6) is 0.807. The standard InChI is InChI=1S/C31H36N8O4S/c1-6-30(40)34-25-20-26(28(43-5)21-27(25)39(4)19-18-38(2)3)35-31-32-17-16-29(36-31)33-23-14-10-11-15-24(23)37-44(41,42)22-12-8-7-9-13-22/h6-17,20-21,37H,1,18-19H2,2-5H3,(H,34,40)(H2,32,33,35,36). The lowest BCUT2D eigenvalue weighted by Crippen LogP contribution is -2.29. The van der Waals surface area contributed by atoms with Gasteiger partial charge < -0.3 is 30.5 Å². The number of hydrogen-bond donors (Lipinski definition) is 4. The Kier molecular flexibility index (Phi) is 10.4. The number of carbonyl (C=O) groups is 1. The van der Waals surface area contributed by atoms with Gasteiger partial charge in [-0.3, -0.25) is 9.52 Å². The molecule has 0 aliphatic rings.